The van der Waals surface area contributed by atoms with Crippen molar-refractivity contribution in [2.75, 3.05) is 6.54 Å². The van der Waals surface area contributed by atoms with E-state index >= 15 is 0 Å². The van der Waals surface area contributed by atoms with Crippen LogP contribution in [0.3, 0.4) is 0 Å². The molecule has 1 N–H and O–H groups in total. The average Bonchev–Trinajstić information content (AvgIpc) is 3.61. The van der Waals surface area contributed by atoms with Gasteiger partial charge in [0.05, 0.1) is 12.2 Å². The molecule has 46 heavy (non-hydrogen) atoms. The van der Waals surface area contributed by atoms with Gasteiger partial charge in [-0.1, -0.05) is 53.9 Å². The molecule has 0 spiro atoms. The van der Waals surface area contributed by atoms with Crippen molar-refractivity contribution in [2.45, 2.75) is 117 Å². The zero-order chi connectivity index (χ0) is 33.5. The van der Waals surface area contributed by atoms with E-state index in [0.29, 0.717) is 19.4 Å². The van der Waals surface area contributed by atoms with Gasteiger partial charge in [0.15, 0.2) is 17.3 Å². The Kier molecular flexibility index (Phi) is 12.4. The molecule has 2 heterocycles. The number of hydrogen-bond donors (Lipinski definition) is 1. The molecule has 2 unspecified atom stereocenters. The lowest BCUT2D eigenvalue weighted by molar-refractivity contribution is -0.145. The van der Waals surface area contributed by atoms with E-state index in [1.165, 1.54) is 18.6 Å². The number of carbonyl (C=O) groups excluding carboxylic acids is 6. The van der Waals surface area contributed by atoms with Gasteiger partial charge < -0.3 is 10.2 Å². The quantitative estimate of drug-likeness (QED) is 0.190. The van der Waals surface area contributed by atoms with Crippen LogP contribution in [0.25, 0.3) is 0 Å². The van der Waals surface area contributed by atoms with E-state index in [1.54, 1.807) is 4.90 Å². The number of amides is 2. The summed E-state index contributed by atoms with van der Waals surface area (Å²) in [4.78, 5) is 90.7. The van der Waals surface area contributed by atoms with E-state index in [4.69, 9.17) is 0 Å². The van der Waals surface area contributed by atoms with E-state index in [1.807, 2.05) is 34.6 Å². The van der Waals surface area contributed by atoms with Crippen LogP contribution in [-0.2, 0) is 24.0 Å². The van der Waals surface area contributed by atoms with Crippen LogP contribution in [0.2, 0.25) is 0 Å². The van der Waals surface area contributed by atoms with Gasteiger partial charge in [-0.3, -0.25) is 33.8 Å². The van der Waals surface area contributed by atoms with Crippen LogP contribution >= 0.6 is 0 Å². The Labute approximate surface area is 273 Å². The van der Waals surface area contributed by atoms with Crippen molar-refractivity contribution in [1.29, 1.82) is 0 Å². The first kappa shape index (κ1) is 35.6. The molecule has 1 saturated heterocycles. The predicted octanol–water partition coefficient (Wildman–Crippen LogP) is 4.79. The Morgan fingerprint density at radius 1 is 0.935 bits per heavy atom. The minimum Gasteiger partial charge on any atom is -0.344 e. The zero-order valence-electron chi connectivity index (χ0n) is 28.2. The summed E-state index contributed by atoms with van der Waals surface area (Å²) in [7, 11) is 0. The highest BCUT2D eigenvalue weighted by Gasteiger charge is 2.51. The van der Waals surface area contributed by atoms with Crippen molar-refractivity contribution in [1.82, 2.24) is 20.2 Å². The molecule has 3 aliphatic rings. The van der Waals surface area contributed by atoms with Gasteiger partial charge in [0.2, 0.25) is 17.6 Å². The molecular weight excluding hydrogens is 584 g/mol. The first-order chi connectivity index (χ1) is 21.9. The van der Waals surface area contributed by atoms with Gasteiger partial charge in [0.25, 0.3) is 0 Å². The smallest absolute Gasteiger partial charge is 0.246 e. The molecule has 1 aliphatic heterocycles. The lowest BCUT2D eigenvalue weighted by Gasteiger charge is -2.33. The molecule has 2 saturated carbocycles. The summed E-state index contributed by atoms with van der Waals surface area (Å²) in [6, 6.07) is -1.56. The van der Waals surface area contributed by atoms with Gasteiger partial charge >= 0.3 is 0 Å². The van der Waals surface area contributed by atoms with Crippen molar-refractivity contribution in [3.63, 3.8) is 0 Å². The summed E-state index contributed by atoms with van der Waals surface area (Å²) in [5.41, 5.74) is 0.187. The Morgan fingerprint density at radius 2 is 1.65 bits per heavy atom. The number of carbonyl (C=O) groups is 6. The van der Waals surface area contributed by atoms with E-state index in [-0.39, 0.29) is 83.7 Å². The van der Waals surface area contributed by atoms with Crippen molar-refractivity contribution < 1.29 is 28.8 Å². The summed E-state index contributed by atoms with van der Waals surface area (Å²) >= 11 is 0. The number of nitrogens with zero attached hydrogens (tertiary/aromatic N) is 3. The molecule has 0 radical (unpaired) electrons. The fourth-order valence-corrected chi connectivity index (χ4v) is 7.60. The minimum absolute atomic E-state index is 0.0102. The third-order valence-corrected chi connectivity index (χ3v) is 10.6. The van der Waals surface area contributed by atoms with Crippen LogP contribution in [-0.4, -0.2) is 68.4 Å². The Hall–Kier alpha value is -3.30. The average molecular weight is 637 g/mol. The molecule has 6 atom stereocenters. The van der Waals surface area contributed by atoms with Crippen molar-refractivity contribution in [3.8, 4) is 0 Å². The summed E-state index contributed by atoms with van der Waals surface area (Å²) in [6.07, 6.45) is 11.4. The fraction of sp³-hybridized carbons (Fsp3) is 0.722. The van der Waals surface area contributed by atoms with Crippen LogP contribution in [0.5, 0.6) is 0 Å². The van der Waals surface area contributed by atoms with E-state index in [2.05, 4.69) is 15.3 Å². The second-order valence-electron chi connectivity index (χ2n) is 14.5. The molecule has 252 valence electrons. The lowest BCUT2D eigenvalue weighted by Crippen LogP contribution is -2.56. The fourth-order valence-electron chi connectivity index (χ4n) is 7.60. The molecule has 10 nitrogen and oxygen atoms in total. The summed E-state index contributed by atoms with van der Waals surface area (Å²) < 4.78 is 0. The molecule has 2 amide bonds. The molecule has 2 aliphatic carbocycles. The normalized spacial score (nSPS) is 23.0. The highest BCUT2D eigenvalue weighted by molar-refractivity contribution is 6.38. The first-order valence-corrected chi connectivity index (χ1v) is 17.4. The second kappa shape index (κ2) is 16.0. The van der Waals surface area contributed by atoms with Crippen molar-refractivity contribution in [2.24, 2.45) is 41.4 Å². The van der Waals surface area contributed by atoms with Gasteiger partial charge in [0, 0.05) is 50.0 Å². The van der Waals surface area contributed by atoms with Gasteiger partial charge in [-0.25, -0.2) is 4.98 Å². The van der Waals surface area contributed by atoms with Crippen LogP contribution in [0.1, 0.15) is 116 Å². The molecule has 1 aromatic heterocycles. The number of Topliss-reactive ketones (excluding diaryl/α,β-unsaturated/α-hetero) is 4. The van der Waals surface area contributed by atoms with Crippen LogP contribution in [0.15, 0.2) is 18.6 Å². The molecule has 0 aromatic carbocycles. The van der Waals surface area contributed by atoms with E-state index < -0.39 is 29.7 Å². The maximum Gasteiger partial charge on any atom is 0.246 e. The maximum atomic E-state index is 14.3. The number of nitrogens with one attached hydrogen (secondary N) is 1. The van der Waals surface area contributed by atoms with Crippen LogP contribution in [0, 0.1) is 41.4 Å². The van der Waals surface area contributed by atoms with Crippen molar-refractivity contribution >= 4 is 34.9 Å². The van der Waals surface area contributed by atoms with Gasteiger partial charge in [0.1, 0.15) is 11.7 Å². The SMILES string of the molecule is CCCC(CC(=O)C1[C@H]2CCC[C@H]2CN1C(=O)[C@@H](NC(=O)[C@H](CC(=O)c1cnccn1)C(C)C)C(C)C)C(=O)C(=O)CC1CCC1. The first-order valence-electron chi connectivity index (χ1n) is 17.4. The van der Waals surface area contributed by atoms with Crippen LogP contribution < -0.4 is 5.32 Å². The number of hydrogen-bond acceptors (Lipinski definition) is 8. The number of fused-ring (bicyclic) bond motifs is 1. The maximum absolute atomic E-state index is 14.3. The lowest BCUT2D eigenvalue weighted by atomic mass is 9.79. The molecular formula is C36H52N4O6. The van der Waals surface area contributed by atoms with E-state index in [0.717, 1.165) is 38.5 Å². The zero-order valence-corrected chi connectivity index (χ0v) is 28.2. The highest BCUT2D eigenvalue weighted by Crippen LogP contribution is 2.44. The topological polar surface area (TPSA) is 143 Å². The van der Waals surface area contributed by atoms with Gasteiger partial charge in [-0.05, 0) is 61.7 Å². The largest absolute Gasteiger partial charge is 0.344 e. The molecule has 3 fully saturated rings. The minimum atomic E-state index is -0.883. The molecule has 10 heteroatoms. The number of ketones is 4. The monoisotopic (exact) mass is 636 g/mol. The third-order valence-electron chi connectivity index (χ3n) is 10.6. The third kappa shape index (κ3) is 8.34. The molecule has 0 bridgehead atoms. The number of rotatable bonds is 17. The van der Waals surface area contributed by atoms with Crippen molar-refractivity contribution in [3.05, 3.63) is 24.3 Å². The Morgan fingerprint density at radius 3 is 2.24 bits per heavy atom. The predicted molar refractivity (Wildman–Crippen MR) is 172 cm³/mol. The van der Waals surface area contributed by atoms with E-state index in [9.17, 15) is 28.8 Å². The standard InChI is InChI=1S/C36H52N4O6/c1-6-9-24(34(44)31(43)16-23-10-7-11-23)17-30(42)33-26-13-8-12-25(26)20-40(33)36(46)32(22(4)5)39-35(45)27(21(2)3)18-29(41)28-19-37-14-15-38-28/h14-15,19,21-27,32-33H,6-13,16-18,20H2,1-5H3,(H,39,45)/t24?,25-,26-,27+,32-,33?/m0/s1. The Balaban J connectivity index is 1.49. The molecule has 1 aromatic rings. The highest BCUT2D eigenvalue weighted by atomic mass is 16.2. The van der Waals surface area contributed by atoms with Gasteiger partial charge in [-0.2, -0.15) is 0 Å². The molecule has 4 rings (SSSR count). The number of aromatic nitrogens is 2. The second-order valence-corrected chi connectivity index (χ2v) is 14.5. The number of likely N-dealkylation sites (tertiary alicyclic amines) is 1. The summed E-state index contributed by atoms with van der Waals surface area (Å²) in [5.74, 6) is -3.27. The summed E-state index contributed by atoms with van der Waals surface area (Å²) in [6.45, 7) is 9.82. The summed E-state index contributed by atoms with van der Waals surface area (Å²) in [5, 5.41) is 2.95. The van der Waals surface area contributed by atoms with Crippen LogP contribution in [0.4, 0.5) is 0 Å². The van der Waals surface area contributed by atoms with Gasteiger partial charge in [-0.15, -0.1) is 0 Å². The Bertz CT molecular complexity index is 1280.